The first kappa shape index (κ1) is 22.7. The smallest absolute Gasteiger partial charge is 0.308 e. The zero-order valence-corrected chi connectivity index (χ0v) is 14.6. The molecule has 158 valence electrons. The minimum atomic E-state index is -5.10. The van der Waals surface area contributed by atoms with Gasteiger partial charge in [-0.3, -0.25) is 0 Å². The van der Waals surface area contributed by atoms with Crippen molar-refractivity contribution in [3.63, 3.8) is 0 Å². The summed E-state index contributed by atoms with van der Waals surface area (Å²) in [6.07, 6.45) is -10.2. The maximum Gasteiger partial charge on any atom is 0.446 e. The van der Waals surface area contributed by atoms with Crippen LogP contribution in [0.3, 0.4) is 0 Å². The topological polar surface area (TPSA) is 41.1 Å². The number of anilines is 2. The molecule has 0 heterocycles. The predicted octanol–water partition coefficient (Wildman–Crippen LogP) is 6.98. The highest BCUT2D eigenvalue weighted by molar-refractivity contribution is 8.00. The molecule has 0 radical (unpaired) electrons. The monoisotopic (exact) mass is 448 g/mol. The second kappa shape index (κ2) is 8.05. The zero-order valence-electron chi connectivity index (χ0n) is 13.8. The van der Waals surface area contributed by atoms with Crippen LogP contribution in [0.1, 0.15) is 11.1 Å². The van der Waals surface area contributed by atoms with Crippen molar-refractivity contribution >= 4 is 29.2 Å². The quantitative estimate of drug-likeness (QED) is 0.393. The van der Waals surface area contributed by atoms with E-state index in [9.17, 15) is 44.3 Å². The van der Waals surface area contributed by atoms with Crippen molar-refractivity contribution in [1.29, 1.82) is 0 Å². The molecule has 0 aliphatic heterocycles. The van der Waals surface area contributed by atoms with Gasteiger partial charge in [0.25, 0.3) is 0 Å². The van der Waals surface area contributed by atoms with E-state index in [-0.39, 0.29) is 16.6 Å². The van der Waals surface area contributed by atoms with Crippen LogP contribution in [0.2, 0.25) is 0 Å². The Bertz CT molecular complexity index is 859. The van der Waals surface area contributed by atoms with Crippen LogP contribution in [-0.4, -0.2) is 11.5 Å². The van der Waals surface area contributed by atoms with Crippen molar-refractivity contribution in [3.05, 3.63) is 53.6 Å². The number of hydrogen-bond acceptors (Lipinski definition) is 2. The molecule has 0 aliphatic rings. The van der Waals surface area contributed by atoms with Crippen molar-refractivity contribution in [2.45, 2.75) is 22.8 Å². The molecule has 0 fully saturated rings. The van der Waals surface area contributed by atoms with Crippen LogP contribution >= 0.6 is 11.8 Å². The Morgan fingerprint density at radius 3 is 1.72 bits per heavy atom. The third-order valence-corrected chi connectivity index (χ3v) is 3.89. The van der Waals surface area contributed by atoms with Gasteiger partial charge in [-0.2, -0.15) is 39.5 Å². The van der Waals surface area contributed by atoms with E-state index in [2.05, 4.69) is 0 Å². The van der Waals surface area contributed by atoms with Crippen LogP contribution in [0.25, 0.3) is 0 Å². The number of benzene rings is 2. The molecule has 0 aromatic heterocycles. The molecule has 0 bridgehead atoms. The Balaban J connectivity index is 2.21. The van der Waals surface area contributed by atoms with Crippen LogP contribution in [0.15, 0.2) is 47.4 Å². The standard InChI is InChI=1S/C16H9F9N2OS/c17-14(18,19)8-4-9(15(20,21)22)6-11(5-8)27-13(28)26-10-2-1-3-12(7-10)29-16(23,24)25/h1-7H,(H2,26,27,28). The van der Waals surface area contributed by atoms with Gasteiger partial charge in [0, 0.05) is 16.3 Å². The molecule has 2 amide bonds. The fourth-order valence-electron chi connectivity index (χ4n) is 2.09. The van der Waals surface area contributed by atoms with E-state index in [1.807, 2.05) is 5.32 Å². The molecule has 2 aromatic rings. The molecular weight excluding hydrogens is 439 g/mol. The molecule has 29 heavy (non-hydrogen) atoms. The van der Waals surface area contributed by atoms with Gasteiger partial charge in [-0.05, 0) is 48.2 Å². The molecular formula is C16H9F9N2OS. The largest absolute Gasteiger partial charge is 0.446 e. The summed E-state index contributed by atoms with van der Waals surface area (Å²) < 4.78 is 114. The minimum Gasteiger partial charge on any atom is -0.308 e. The maximum absolute atomic E-state index is 12.8. The molecule has 0 spiro atoms. The molecule has 0 saturated carbocycles. The van der Waals surface area contributed by atoms with Crippen LogP contribution in [-0.2, 0) is 12.4 Å². The van der Waals surface area contributed by atoms with Crippen LogP contribution in [0.5, 0.6) is 0 Å². The van der Waals surface area contributed by atoms with E-state index in [0.29, 0.717) is 12.1 Å². The summed E-state index contributed by atoms with van der Waals surface area (Å²) in [5.41, 5.74) is -8.81. The highest BCUT2D eigenvalue weighted by Crippen LogP contribution is 2.38. The van der Waals surface area contributed by atoms with Gasteiger partial charge in [0.2, 0.25) is 0 Å². The van der Waals surface area contributed by atoms with Gasteiger partial charge >= 0.3 is 23.9 Å². The highest BCUT2D eigenvalue weighted by Gasteiger charge is 2.37. The Labute approximate surface area is 161 Å². The first-order valence-corrected chi connectivity index (χ1v) is 8.18. The summed E-state index contributed by atoms with van der Waals surface area (Å²) in [6, 6.07) is 3.64. The lowest BCUT2D eigenvalue weighted by Gasteiger charge is -2.15. The Morgan fingerprint density at radius 1 is 0.724 bits per heavy atom. The predicted molar refractivity (Wildman–Crippen MR) is 87.4 cm³/mol. The summed E-state index contributed by atoms with van der Waals surface area (Å²) in [6.45, 7) is 0. The normalized spacial score (nSPS) is 12.6. The van der Waals surface area contributed by atoms with Crippen molar-refractivity contribution < 1.29 is 44.3 Å². The maximum atomic E-state index is 12.8. The number of hydrogen-bond donors (Lipinski definition) is 2. The number of amides is 2. The third kappa shape index (κ3) is 7.07. The van der Waals surface area contributed by atoms with Crippen molar-refractivity contribution in [3.8, 4) is 0 Å². The minimum absolute atomic E-state index is 0.110. The third-order valence-electron chi connectivity index (χ3n) is 3.17. The van der Waals surface area contributed by atoms with E-state index in [1.54, 1.807) is 5.32 Å². The van der Waals surface area contributed by atoms with Crippen LogP contribution in [0, 0.1) is 0 Å². The Hall–Kier alpha value is -2.57. The Morgan fingerprint density at radius 2 is 1.24 bits per heavy atom. The number of carbonyl (C=O) groups is 1. The number of thioether (sulfide) groups is 1. The molecule has 0 saturated heterocycles. The first-order valence-electron chi connectivity index (χ1n) is 7.37. The van der Waals surface area contributed by atoms with Gasteiger partial charge in [0.05, 0.1) is 11.1 Å². The molecule has 2 aromatic carbocycles. The SMILES string of the molecule is O=C(Nc1cccc(SC(F)(F)F)c1)Nc1cc(C(F)(F)F)cc(C(F)(F)F)c1. The lowest BCUT2D eigenvalue weighted by Crippen LogP contribution is -2.20. The van der Waals surface area contributed by atoms with Gasteiger partial charge in [-0.15, -0.1) is 0 Å². The summed E-state index contributed by atoms with van der Waals surface area (Å²) in [7, 11) is 0. The second-order valence-electron chi connectivity index (χ2n) is 5.45. The summed E-state index contributed by atoms with van der Waals surface area (Å²) >= 11 is -0.466. The van der Waals surface area contributed by atoms with Gasteiger partial charge < -0.3 is 10.6 Å². The molecule has 3 nitrogen and oxygen atoms in total. The summed E-state index contributed by atoms with van der Waals surface area (Å²) in [5, 5.41) is 3.84. The number of nitrogens with one attached hydrogen (secondary N) is 2. The number of carbonyl (C=O) groups excluding carboxylic acids is 1. The van der Waals surface area contributed by atoms with Crippen LogP contribution < -0.4 is 10.6 Å². The number of urea groups is 1. The lowest BCUT2D eigenvalue weighted by molar-refractivity contribution is -0.143. The van der Waals surface area contributed by atoms with Crippen molar-refractivity contribution in [2.75, 3.05) is 10.6 Å². The zero-order chi connectivity index (χ0) is 22.0. The fourth-order valence-corrected chi connectivity index (χ4v) is 2.69. The molecule has 0 unspecified atom stereocenters. The molecule has 2 N–H and O–H groups in total. The Kier molecular flexibility index (Phi) is 6.30. The van der Waals surface area contributed by atoms with Gasteiger partial charge in [-0.1, -0.05) is 6.07 Å². The second-order valence-corrected chi connectivity index (χ2v) is 6.59. The lowest BCUT2D eigenvalue weighted by atomic mass is 10.1. The van der Waals surface area contributed by atoms with Crippen molar-refractivity contribution in [2.24, 2.45) is 0 Å². The van der Waals surface area contributed by atoms with Gasteiger partial charge in [0.1, 0.15) is 0 Å². The van der Waals surface area contributed by atoms with E-state index in [0.717, 1.165) is 12.1 Å². The summed E-state index contributed by atoms with van der Waals surface area (Å²) in [4.78, 5) is 11.6. The number of alkyl halides is 9. The highest BCUT2D eigenvalue weighted by atomic mass is 32.2. The first-order chi connectivity index (χ1) is 13.1. The molecule has 0 atom stereocenters. The van der Waals surface area contributed by atoms with E-state index in [1.165, 1.54) is 12.1 Å². The van der Waals surface area contributed by atoms with E-state index < -0.39 is 52.5 Å². The molecule has 0 aliphatic carbocycles. The summed E-state index contributed by atoms with van der Waals surface area (Å²) in [5.74, 6) is 0. The molecule has 13 heteroatoms. The van der Waals surface area contributed by atoms with Gasteiger partial charge in [-0.25, -0.2) is 4.79 Å². The number of halogens is 9. The van der Waals surface area contributed by atoms with E-state index >= 15 is 0 Å². The number of rotatable bonds is 3. The van der Waals surface area contributed by atoms with Gasteiger partial charge in [0.15, 0.2) is 0 Å². The van der Waals surface area contributed by atoms with Crippen LogP contribution in [0.4, 0.5) is 55.7 Å². The van der Waals surface area contributed by atoms with E-state index in [4.69, 9.17) is 0 Å². The average molecular weight is 448 g/mol. The fraction of sp³-hybridized carbons (Fsp3) is 0.188. The van der Waals surface area contributed by atoms with Crippen molar-refractivity contribution in [1.82, 2.24) is 0 Å². The average Bonchev–Trinajstić information content (AvgIpc) is 2.51. The molecule has 2 rings (SSSR count).